The summed E-state index contributed by atoms with van der Waals surface area (Å²) in [6, 6.07) is 13.9. The van der Waals surface area contributed by atoms with Gasteiger partial charge in [-0.25, -0.2) is 9.97 Å². The number of anilines is 1. The van der Waals surface area contributed by atoms with Crippen molar-refractivity contribution >= 4 is 27.8 Å². The van der Waals surface area contributed by atoms with Crippen LogP contribution in [-0.2, 0) is 6.54 Å². The Bertz CT molecular complexity index is 1240. The van der Waals surface area contributed by atoms with Gasteiger partial charge in [0.2, 0.25) is 0 Å². The van der Waals surface area contributed by atoms with E-state index in [-0.39, 0.29) is 5.56 Å². The fourth-order valence-corrected chi connectivity index (χ4v) is 4.94. The van der Waals surface area contributed by atoms with Crippen molar-refractivity contribution in [1.29, 1.82) is 0 Å². The second kappa shape index (κ2) is 5.42. The van der Waals surface area contributed by atoms with Gasteiger partial charge in [-0.2, -0.15) is 0 Å². The van der Waals surface area contributed by atoms with Gasteiger partial charge in [0.1, 0.15) is 17.4 Å². The first-order valence-electron chi connectivity index (χ1n) is 9.44. The monoisotopic (exact) mass is 357 g/mol. The van der Waals surface area contributed by atoms with Crippen molar-refractivity contribution in [2.45, 2.75) is 18.9 Å². The molecule has 6 heteroatoms. The van der Waals surface area contributed by atoms with Crippen LogP contribution in [0.3, 0.4) is 0 Å². The number of hydrogen-bond acceptors (Lipinski definition) is 4. The Kier molecular flexibility index (Phi) is 3.01. The van der Waals surface area contributed by atoms with Crippen molar-refractivity contribution in [3.8, 4) is 0 Å². The van der Waals surface area contributed by atoms with Crippen LogP contribution in [0.25, 0.3) is 21.9 Å². The molecule has 3 aromatic heterocycles. The molecule has 2 bridgehead atoms. The number of nitrogens with one attached hydrogen (secondary N) is 1. The van der Waals surface area contributed by atoms with Crippen molar-refractivity contribution in [2.75, 3.05) is 18.0 Å². The van der Waals surface area contributed by atoms with Crippen LogP contribution >= 0.6 is 0 Å². The van der Waals surface area contributed by atoms with Gasteiger partial charge in [0, 0.05) is 48.2 Å². The van der Waals surface area contributed by atoms with E-state index >= 15 is 0 Å². The van der Waals surface area contributed by atoms with Crippen LogP contribution in [0.4, 0.5) is 5.82 Å². The summed E-state index contributed by atoms with van der Waals surface area (Å²) in [7, 11) is 0. The van der Waals surface area contributed by atoms with Gasteiger partial charge in [0.25, 0.3) is 5.56 Å². The molecule has 0 amide bonds. The third-order valence-electron chi connectivity index (χ3n) is 6.05. The molecule has 5 heterocycles. The first-order chi connectivity index (χ1) is 13.3. The average Bonchev–Trinajstić information content (AvgIpc) is 3.07. The lowest BCUT2D eigenvalue weighted by Crippen LogP contribution is -2.47. The summed E-state index contributed by atoms with van der Waals surface area (Å²) in [6.07, 6.45) is 2.81. The molecule has 1 N–H and O–H groups in total. The summed E-state index contributed by atoms with van der Waals surface area (Å²) < 4.78 is 1.97. The number of aromatic nitrogens is 4. The predicted octanol–water partition coefficient (Wildman–Crippen LogP) is 2.90. The molecule has 2 aliphatic heterocycles. The van der Waals surface area contributed by atoms with Crippen LogP contribution in [-0.4, -0.2) is 32.6 Å². The van der Waals surface area contributed by atoms with Crippen molar-refractivity contribution in [2.24, 2.45) is 5.92 Å². The normalized spacial score (nSPS) is 21.6. The molecule has 1 fully saturated rings. The molecule has 1 aromatic carbocycles. The third-order valence-corrected chi connectivity index (χ3v) is 6.05. The minimum absolute atomic E-state index is 0.121. The Hall–Kier alpha value is -3.15. The standard InChI is InChI=1S/C21H19N5O/c27-18-7-3-6-17-14-8-13(10-26(17)18)9-25(11-14)21-20-19(22-12-23-21)15-4-1-2-5-16(15)24-20/h1-7,12-14,24H,8-11H2. The van der Waals surface area contributed by atoms with Crippen molar-refractivity contribution < 1.29 is 0 Å². The SMILES string of the molecule is O=c1cccc2n1CC1CC2CN(c2ncnc3c2[nH]c2ccccc23)C1. The van der Waals surface area contributed by atoms with E-state index < -0.39 is 0 Å². The molecular weight excluding hydrogens is 338 g/mol. The van der Waals surface area contributed by atoms with Gasteiger partial charge in [0.15, 0.2) is 5.82 Å². The summed E-state index contributed by atoms with van der Waals surface area (Å²) in [5.41, 5.74) is 4.34. The molecule has 6 rings (SSSR count). The van der Waals surface area contributed by atoms with Gasteiger partial charge in [-0.1, -0.05) is 24.3 Å². The number of rotatable bonds is 1. The van der Waals surface area contributed by atoms with Gasteiger partial charge < -0.3 is 14.5 Å². The fraction of sp³-hybridized carbons (Fsp3) is 0.286. The highest BCUT2D eigenvalue weighted by molar-refractivity contribution is 6.08. The van der Waals surface area contributed by atoms with Crippen LogP contribution in [0.5, 0.6) is 0 Å². The highest BCUT2D eigenvalue weighted by atomic mass is 16.1. The Morgan fingerprint density at radius 3 is 2.89 bits per heavy atom. The number of pyridine rings is 1. The lowest BCUT2D eigenvalue weighted by Gasteiger charge is -2.43. The summed E-state index contributed by atoms with van der Waals surface area (Å²) >= 11 is 0. The number of benzene rings is 1. The molecule has 1 saturated heterocycles. The van der Waals surface area contributed by atoms with Gasteiger partial charge in [-0.05, 0) is 24.5 Å². The fourth-order valence-electron chi connectivity index (χ4n) is 4.94. The minimum atomic E-state index is 0.121. The minimum Gasteiger partial charge on any atom is -0.354 e. The number of hydrogen-bond donors (Lipinski definition) is 1. The molecule has 0 radical (unpaired) electrons. The van der Waals surface area contributed by atoms with Gasteiger partial charge in [0.05, 0.1) is 0 Å². The maximum absolute atomic E-state index is 12.2. The van der Waals surface area contributed by atoms with Gasteiger partial charge in [-0.3, -0.25) is 4.79 Å². The predicted molar refractivity (Wildman–Crippen MR) is 105 cm³/mol. The highest BCUT2D eigenvalue weighted by Crippen LogP contribution is 2.38. The van der Waals surface area contributed by atoms with E-state index in [0.717, 1.165) is 59.5 Å². The van der Waals surface area contributed by atoms with E-state index in [1.165, 1.54) is 0 Å². The Morgan fingerprint density at radius 2 is 1.93 bits per heavy atom. The first-order valence-corrected chi connectivity index (χ1v) is 9.44. The van der Waals surface area contributed by atoms with E-state index in [0.29, 0.717) is 11.8 Å². The van der Waals surface area contributed by atoms with Gasteiger partial charge in [-0.15, -0.1) is 0 Å². The maximum Gasteiger partial charge on any atom is 0.250 e. The smallest absolute Gasteiger partial charge is 0.250 e. The molecule has 134 valence electrons. The van der Waals surface area contributed by atoms with E-state index in [1.807, 2.05) is 22.8 Å². The van der Waals surface area contributed by atoms with E-state index in [2.05, 4.69) is 38.1 Å². The molecule has 0 aliphatic carbocycles. The number of nitrogens with zero attached hydrogens (tertiary/aromatic N) is 4. The summed E-state index contributed by atoms with van der Waals surface area (Å²) in [6.45, 7) is 2.59. The maximum atomic E-state index is 12.2. The van der Waals surface area contributed by atoms with Crippen molar-refractivity contribution in [3.63, 3.8) is 0 Å². The molecule has 2 atom stereocenters. The van der Waals surface area contributed by atoms with E-state index in [1.54, 1.807) is 12.4 Å². The Labute approximate surface area is 155 Å². The molecule has 6 nitrogen and oxygen atoms in total. The summed E-state index contributed by atoms with van der Waals surface area (Å²) in [4.78, 5) is 27.3. The highest BCUT2D eigenvalue weighted by Gasteiger charge is 2.35. The number of aromatic amines is 1. The van der Waals surface area contributed by atoms with Crippen LogP contribution < -0.4 is 10.5 Å². The zero-order valence-corrected chi connectivity index (χ0v) is 14.8. The number of piperidine rings is 1. The molecule has 0 saturated carbocycles. The molecular formula is C21H19N5O. The second-order valence-electron chi connectivity index (χ2n) is 7.69. The molecule has 0 spiro atoms. The zero-order chi connectivity index (χ0) is 18.0. The van der Waals surface area contributed by atoms with Crippen LogP contribution in [0.15, 0.2) is 53.6 Å². The zero-order valence-electron chi connectivity index (χ0n) is 14.8. The van der Waals surface area contributed by atoms with Crippen LogP contribution in [0.2, 0.25) is 0 Å². The number of H-pyrrole nitrogens is 1. The summed E-state index contributed by atoms with van der Waals surface area (Å²) in [5.74, 6) is 1.80. The molecule has 4 aromatic rings. The van der Waals surface area contributed by atoms with E-state index in [9.17, 15) is 4.79 Å². The van der Waals surface area contributed by atoms with Crippen molar-refractivity contribution in [3.05, 3.63) is 64.8 Å². The Balaban J connectivity index is 1.47. The number of fused-ring (bicyclic) bond motifs is 7. The van der Waals surface area contributed by atoms with E-state index in [4.69, 9.17) is 0 Å². The molecule has 2 unspecified atom stereocenters. The lowest BCUT2D eigenvalue weighted by atomic mass is 9.83. The average molecular weight is 357 g/mol. The molecule has 27 heavy (non-hydrogen) atoms. The summed E-state index contributed by atoms with van der Waals surface area (Å²) in [5, 5.41) is 1.13. The van der Waals surface area contributed by atoms with Crippen LogP contribution in [0.1, 0.15) is 18.0 Å². The second-order valence-corrected chi connectivity index (χ2v) is 7.69. The quantitative estimate of drug-likeness (QED) is 0.569. The van der Waals surface area contributed by atoms with Gasteiger partial charge >= 0.3 is 0 Å². The number of para-hydroxylation sites is 1. The Morgan fingerprint density at radius 1 is 1.00 bits per heavy atom. The lowest BCUT2D eigenvalue weighted by molar-refractivity contribution is 0.281. The van der Waals surface area contributed by atoms with Crippen LogP contribution in [0, 0.1) is 5.92 Å². The topological polar surface area (TPSA) is 66.8 Å². The third kappa shape index (κ3) is 2.16. The van der Waals surface area contributed by atoms with Crippen molar-refractivity contribution in [1.82, 2.24) is 19.5 Å². The largest absolute Gasteiger partial charge is 0.354 e. The first kappa shape index (κ1) is 15.0. The molecule has 2 aliphatic rings.